The van der Waals surface area contributed by atoms with Crippen LogP contribution in [0.5, 0.6) is 0 Å². The molecule has 1 aliphatic rings. The quantitative estimate of drug-likeness (QED) is 0.600. The molecule has 1 aliphatic heterocycles. The summed E-state index contributed by atoms with van der Waals surface area (Å²) >= 11 is 0. The first-order valence-corrected chi connectivity index (χ1v) is 9.98. The van der Waals surface area contributed by atoms with Crippen LogP contribution in [-0.4, -0.2) is 21.9 Å². The zero-order chi connectivity index (χ0) is 19.5. The number of unbranched alkanes of at least 4 members (excludes halogenated alkanes) is 1. The third-order valence-electron chi connectivity index (χ3n) is 5.50. The van der Waals surface area contributed by atoms with E-state index in [1.807, 2.05) is 35.4 Å². The fourth-order valence-corrected chi connectivity index (χ4v) is 3.96. The Bertz CT molecular complexity index is 943. The Labute approximate surface area is 165 Å². The van der Waals surface area contributed by atoms with E-state index >= 15 is 0 Å². The zero-order valence-corrected chi connectivity index (χ0v) is 16.1. The van der Waals surface area contributed by atoms with E-state index in [4.69, 9.17) is 0 Å². The van der Waals surface area contributed by atoms with Crippen molar-refractivity contribution < 1.29 is 9.18 Å². The van der Waals surface area contributed by atoms with Crippen molar-refractivity contribution in [3.8, 4) is 0 Å². The van der Waals surface area contributed by atoms with Crippen molar-refractivity contribution in [2.75, 3.05) is 6.54 Å². The van der Waals surface area contributed by atoms with Crippen LogP contribution in [0.3, 0.4) is 0 Å². The maximum absolute atomic E-state index is 13.5. The molecule has 1 amide bonds. The largest absolute Gasteiger partial charge is 0.348 e. The Morgan fingerprint density at radius 1 is 1.04 bits per heavy atom. The second-order valence-electron chi connectivity index (χ2n) is 7.38. The summed E-state index contributed by atoms with van der Waals surface area (Å²) in [6.07, 6.45) is 5.40. The van der Waals surface area contributed by atoms with Crippen molar-refractivity contribution in [3.63, 3.8) is 0 Å². The van der Waals surface area contributed by atoms with E-state index < -0.39 is 0 Å². The maximum Gasteiger partial charge on any atom is 0.254 e. The lowest BCUT2D eigenvalue weighted by molar-refractivity contribution is 0.0664. The second-order valence-corrected chi connectivity index (χ2v) is 7.38. The molecule has 0 radical (unpaired) electrons. The van der Waals surface area contributed by atoms with E-state index in [0.717, 1.165) is 37.1 Å². The number of rotatable bonds is 5. The molecule has 0 N–H and O–H groups in total. The van der Waals surface area contributed by atoms with Gasteiger partial charge in [0.25, 0.3) is 5.91 Å². The lowest BCUT2D eigenvalue weighted by Gasteiger charge is -2.37. The molecular weight excluding hydrogens is 351 g/mol. The van der Waals surface area contributed by atoms with E-state index in [1.54, 1.807) is 12.1 Å². The molecule has 2 heterocycles. The van der Waals surface area contributed by atoms with Crippen molar-refractivity contribution in [1.82, 2.24) is 9.47 Å². The predicted octanol–water partition coefficient (Wildman–Crippen LogP) is 5.22. The summed E-state index contributed by atoms with van der Waals surface area (Å²) in [5.74, 6) is -0.251. The van der Waals surface area contributed by atoms with Crippen LogP contribution in [-0.2, 0) is 13.0 Å². The van der Waals surface area contributed by atoms with Crippen molar-refractivity contribution >= 4 is 5.91 Å². The van der Waals surface area contributed by atoms with E-state index in [2.05, 4.69) is 23.6 Å². The standard InChI is InChI=1S/C24H25FN2O/c1-2-3-5-18-7-9-20(10-8-18)24(28)27-17-16-26-15-4-6-22(26)23(27)19-11-13-21(25)14-12-19/h4,6-15,23H,2-3,5,16-17H2,1H3/t23-/m0/s1. The molecule has 4 rings (SSSR count). The number of hydrogen-bond acceptors (Lipinski definition) is 1. The Kier molecular flexibility index (Phi) is 5.29. The molecule has 0 spiro atoms. The van der Waals surface area contributed by atoms with Gasteiger partial charge in [-0.15, -0.1) is 0 Å². The summed E-state index contributed by atoms with van der Waals surface area (Å²) in [6.45, 7) is 3.57. The second kappa shape index (κ2) is 8.01. The van der Waals surface area contributed by atoms with Crippen LogP contribution in [0.15, 0.2) is 66.9 Å². The van der Waals surface area contributed by atoms with Gasteiger partial charge < -0.3 is 9.47 Å². The minimum Gasteiger partial charge on any atom is -0.348 e. The first kappa shape index (κ1) is 18.5. The summed E-state index contributed by atoms with van der Waals surface area (Å²) in [5, 5.41) is 0. The van der Waals surface area contributed by atoms with Crippen LogP contribution < -0.4 is 0 Å². The van der Waals surface area contributed by atoms with Crippen LogP contribution in [0.4, 0.5) is 4.39 Å². The van der Waals surface area contributed by atoms with Crippen molar-refractivity contribution in [1.29, 1.82) is 0 Å². The van der Waals surface area contributed by atoms with Gasteiger partial charge in [0, 0.05) is 30.5 Å². The number of benzene rings is 2. The number of aryl methyl sites for hydroxylation is 1. The molecule has 144 valence electrons. The number of amides is 1. The van der Waals surface area contributed by atoms with E-state index in [1.165, 1.54) is 17.7 Å². The van der Waals surface area contributed by atoms with Crippen LogP contribution >= 0.6 is 0 Å². The molecule has 3 nitrogen and oxygen atoms in total. The molecular formula is C24H25FN2O. The van der Waals surface area contributed by atoms with Crippen molar-refractivity contribution in [2.45, 2.75) is 38.8 Å². The Morgan fingerprint density at radius 2 is 1.79 bits per heavy atom. The lowest BCUT2D eigenvalue weighted by atomic mass is 9.98. The molecule has 1 atom stereocenters. The summed E-state index contributed by atoms with van der Waals surface area (Å²) < 4.78 is 15.6. The molecule has 0 fully saturated rings. The summed E-state index contributed by atoms with van der Waals surface area (Å²) in [4.78, 5) is 15.3. The number of nitrogens with zero attached hydrogens (tertiary/aromatic N) is 2. The Hall–Kier alpha value is -2.88. The summed E-state index contributed by atoms with van der Waals surface area (Å²) in [7, 11) is 0. The fraction of sp³-hybridized carbons (Fsp3) is 0.292. The molecule has 1 aromatic heterocycles. The van der Waals surface area contributed by atoms with Gasteiger partial charge in [0.2, 0.25) is 0 Å². The first-order chi connectivity index (χ1) is 13.7. The molecule has 0 aliphatic carbocycles. The molecule has 28 heavy (non-hydrogen) atoms. The van der Waals surface area contributed by atoms with Crippen LogP contribution in [0.25, 0.3) is 0 Å². The van der Waals surface area contributed by atoms with Crippen molar-refractivity contribution in [3.05, 3.63) is 95.1 Å². The van der Waals surface area contributed by atoms with E-state index in [-0.39, 0.29) is 17.8 Å². The highest BCUT2D eigenvalue weighted by Crippen LogP contribution is 2.33. The van der Waals surface area contributed by atoms with E-state index in [9.17, 15) is 9.18 Å². The average molecular weight is 376 g/mol. The van der Waals surface area contributed by atoms with Crippen LogP contribution in [0.1, 0.15) is 53.0 Å². The number of hydrogen-bond donors (Lipinski definition) is 0. The monoisotopic (exact) mass is 376 g/mol. The highest BCUT2D eigenvalue weighted by molar-refractivity contribution is 5.94. The van der Waals surface area contributed by atoms with Gasteiger partial charge in [-0.05, 0) is 60.4 Å². The van der Waals surface area contributed by atoms with Crippen LogP contribution in [0, 0.1) is 5.82 Å². The van der Waals surface area contributed by atoms with Crippen molar-refractivity contribution in [2.24, 2.45) is 0 Å². The van der Waals surface area contributed by atoms with Gasteiger partial charge in [-0.3, -0.25) is 4.79 Å². The predicted molar refractivity (Wildman–Crippen MR) is 109 cm³/mol. The fourth-order valence-electron chi connectivity index (χ4n) is 3.96. The molecule has 0 saturated heterocycles. The third kappa shape index (κ3) is 3.59. The molecule has 3 aromatic rings. The number of halogens is 1. The Balaban J connectivity index is 1.65. The highest BCUT2D eigenvalue weighted by atomic mass is 19.1. The first-order valence-electron chi connectivity index (χ1n) is 9.98. The number of aromatic nitrogens is 1. The lowest BCUT2D eigenvalue weighted by Crippen LogP contribution is -2.42. The minimum absolute atomic E-state index is 0.0174. The van der Waals surface area contributed by atoms with Gasteiger partial charge in [-0.2, -0.15) is 0 Å². The average Bonchev–Trinajstić information content (AvgIpc) is 3.21. The number of fused-ring (bicyclic) bond motifs is 1. The van der Waals surface area contributed by atoms with Gasteiger partial charge >= 0.3 is 0 Å². The Morgan fingerprint density at radius 3 is 2.50 bits per heavy atom. The summed E-state index contributed by atoms with van der Waals surface area (Å²) in [6, 6.07) is 18.3. The SMILES string of the molecule is CCCCc1ccc(C(=O)N2CCn3cccc3[C@@H]2c2ccc(F)cc2)cc1. The third-order valence-corrected chi connectivity index (χ3v) is 5.50. The number of carbonyl (C=O) groups is 1. The molecule has 2 aromatic carbocycles. The molecule has 0 unspecified atom stereocenters. The zero-order valence-electron chi connectivity index (χ0n) is 16.1. The number of carbonyl (C=O) groups excluding carboxylic acids is 1. The maximum atomic E-state index is 13.5. The normalized spacial score (nSPS) is 16.1. The summed E-state index contributed by atoms with van der Waals surface area (Å²) in [5.41, 5.74) is 3.95. The molecule has 0 saturated carbocycles. The van der Waals surface area contributed by atoms with E-state index in [0.29, 0.717) is 12.1 Å². The van der Waals surface area contributed by atoms with Crippen LogP contribution in [0.2, 0.25) is 0 Å². The van der Waals surface area contributed by atoms with Gasteiger partial charge in [-0.1, -0.05) is 37.6 Å². The van der Waals surface area contributed by atoms with Gasteiger partial charge in [-0.25, -0.2) is 4.39 Å². The smallest absolute Gasteiger partial charge is 0.254 e. The minimum atomic E-state index is -0.268. The molecule has 4 heteroatoms. The van der Waals surface area contributed by atoms with Gasteiger partial charge in [0.05, 0.1) is 6.04 Å². The van der Waals surface area contributed by atoms with Gasteiger partial charge in [0.1, 0.15) is 5.82 Å². The highest BCUT2D eigenvalue weighted by Gasteiger charge is 2.32. The topological polar surface area (TPSA) is 25.2 Å². The molecule has 0 bridgehead atoms. The van der Waals surface area contributed by atoms with Gasteiger partial charge in [0.15, 0.2) is 0 Å².